The van der Waals surface area contributed by atoms with Gasteiger partial charge in [-0.15, -0.1) is 0 Å². The van der Waals surface area contributed by atoms with Crippen LogP contribution in [0, 0.1) is 0 Å². The Kier molecular flexibility index (Phi) is 6.59. The van der Waals surface area contributed by atoms with Crippen LogP contribution in [-0.4, -0.2) is 25.6 Å². The van der Waals surface area contributed by atoms with Gasteiger partial charge in [-0.25, -0.2) is 4.79 Å². The summed E-state index contributed by atoms with van der Waals surface area (Å²) >= 11 is 0. The monoisotopic (exact) mass is 356 g/mol. The lowest BCUT2D eigenvalue weighted by molar-refractivity contribution is -0.144. The average molecular weight is 356 g/mol. The van der Waals surface area contributed by atoms with Gasteiger partial charge in [0, 0.05) is 0 Å². The van der Waals surface area contributed by atoms with E-state index in [1.807, 2.05) is 39.8 Å². The third-order valence-corrected chi connectivity index (χ3v) is 5.46. The number of aliphatic carboxylic acids is 1. The lowest BCUT2D eigenvalue weighted by atomic mass is 9.89. The summed E-state index contributed by atoms with van der Waals surface area (Å²) in [4.78, 5) is 11.1. The number of hydrogen-bond acceptors (Lipinski definition) is 4. The highest BCUT2D eigenvalue weighted by molar-refractivity contribution is 7.87. The van der Waals surface area contributed by atoms with E-state index >= 15 is 0 Å². The van der Waals surface area contributed by atoms with Gasteiger partial charge < -0.3 is 5.11 Å². The van der Waals surface area contributed by atoms with Gasteiger partial charge in [0.15, 0.2) is 6.10 Å². The van der Waals surface area contributed by atoms with Crippen LogP contribution in [0.4, 0.5) is 0 Å². The van der Waals surface area contributed by atoms with Gasteiger partial charge in [0.1, 0.15) is 4.90 Å². The van der Waals surface area contributed by atoms with Crippen LogP contribution in [0.2, 0.25) is 0 Å². The minimum atomic E-state index is -4.18. The van der Waals surface area contributed by atoms with Crippen LogP contribution in [0.15, 0.2) is 17.0 Å². The van der Waals surface area contributed by atoms with Gasteiger partial charge in [0.05, 0.1) is 0 Å². The summed E-state index contributed by atoms with van der Waals surface area (Å²) in [5, 5.41) is 8.98. The number of carbonyl (C=O) groups is 1. The molecule has 1 rings (SSSR count). The highest BCUT2D eigenvalue weighted by Gasteiger charge is 2.30. The Hall–Kier alpha value is -1.40. The molecule has 0 aromatic heterocycles. The Bertz CT molecular complexity index is 673. The SMILES string of the molecule is CC(C)c1cc(C(C)C)c(S(=O)(=O)O[C@@H](C)C(=O)O)c(C(C)C)c1. The van der Waals surface area contributed by atoms with E-state index in [9.17, 15) is 13.2 Å². The van der Waals surface area contributed by atoms with E-state index in [0.717, 1.165) is 5.56 Å². The molecule has 0 amide bonds. The predicted octanol–water partition coefficient (Wildman–Crippen LogP) is 4.24. The molecular weight excluding hydrogens is 328 g/mol. The minimum absolute atomic E-state index is 0.0327. The zero-order valence-corrected chi connectivity index (χ0v) is 16.3. The Balaban J connectivity index is 3.68. The van der Waals surface area contributed by atoms with Crippen molar-refractivity contribution in [2.45, 2.75) is 77.2 Å². The Morgan fingerprint density at radius 1 is 0.917 bits per heavy atom. The van der Waals surface area contributed by atoms with Gasteiger partial charge in [-0.05, 0) is 41.4 Å². The number of carboxylic acid groups (broad SMARTS) is 1. The average Bonchev–Trinajstić information content (AvgIpc) is 2.44. The van der Waals surface area contributed by atoms with E-state index in [4.69, 9.17) is 9.29 Å². The van der Waals surface area contributed by atoms with E-state index < -0.39 is 22.2 Å². The molecule has 0 radical (unpaired) electrons. The molecule has 1 atom stereocenters. The first-order chi connectivity index (χ1) is 10.9. The number of rotatable bonds is 7. The summed E-state index contributed by atoms with van der Waals surface area (Å²) in [6.07, 6.45) is -1.43. The highest BCUT2D eigenvalue weighted by atomic mass is 32.2. The maximum atomic E-state index is 12.8. The molecule has 0 saturated heterocycles. The zero-order chi connectivity index (χ0) is 18.8. The molecule has 0 fully saturated rings. The van der Waals surface area contributed by atoms with Crippen LogP contribution in [0.1, 0.15) is 82.9 Å². The molecule has 0 bridgehead atoms. The Morgan fingerprint density at radius 2 is 1.33 bits per heavy atom. The maximum absolute atomic E-state index is 12.8. The molecule has 136 valence electrons. The summed E-state index contributed by atoms with van der Waals surface area (Å²) < 4.78 is 30.5. The van der Waals surface area contributed by atoms with Crippen LogP contribution < -0.4 is 0 Å². The zero-order valence-electron chi connectivity index (χ0n) is 15.5. The first kappa shape index (κ1) is 20.6. The Labute approximate surface area is 145 Å². The molecule has 0 aliphatic heterocycles. The van der Waals surface area contributed by atoms with Crippen LogP contribution in [0.5, 0.6) is 0 Å². The van der Waals surface area contributed by atoms with Crippen LogP contribution in [0.25, 0.3) is 0 Å². The van der Waals surface area contributed by atoms with E-state index in [2.05, 4.69) is 13.8 Å². The normalized spacial score (nSPS) is 13.8. The van der Waals surface area contributed by atoms with E-state index in [0.29, 0.717) is 11.1 Å². The fourth-order valence-corrected chi connectivity index (χ4v) is 4.18. The number of carboxylic acids is 1. The lowest BCUT2D eigenvalue weighted by Crippen LogP contribution is -2.25. The number of hydrogen-bond donors (Lipinski definition) is 1. The molecule has 24 heavy (non-hydrogen) atoms. The van der Waals surface area contributed by atoms with Crippen molar-refractivity contribution < 1.29 is 22.5 Å². The van der Waals surface area contributed by atoms with Gasteiger partial charge in [0.2, 0.25) is 0 Å². The third-order valence-electron chi connectivity index (χ3n) is 3.95. The summed E-state index contributed by atoms with van der Waals surface area (Å²) in [5.41, 5.74) is 2.40. The van der Waals surface area contributed by atoms with Gasteiger partial charge in [-0.3, -0.25) is 4.18 Å². The Morgan fingerprint density at radius 3 is 1.62 bits per heavy atom. The summed E-state index contributed by atoms with van der Waals surface area (Å²) in [5.74, 6) is -1.12. The highest BCUT2D eigenvalue weighted by Crippen LogP contribution is 2.36. The van der Waals surface area contributed by atoms with Crippen molar-refractivity contribution in [3.05, 3.63) is 28.8 Å². The topological polar surface area (TPSA) is 80.7 Å². The molecule has 6 heteroatoms. The van der Waals surface area contributed by atoms with Gasteiger partial charge >= 0.3 is 5.97 Å². The van der Waals surface area contributed by atoms with Crippen LogP contribution in [0.3, 0.4) is 0 Å². The van der Waals surface area contributed by atoms with Crippen molar-refractivity contribution in [2.24, 2.45) is 0 Å². The molecule has 0 unspecified atom stereocenters. The van der Waals surface area contributed by atoms with Crippen molar-refractivity contribution in [3.8, 4) is 0 Å². The van der Waals surface area contributed by atoms with Crippen LogP contribution in [-0.2, 0) is 19.1 Å². The summed E-state index contributed by atoms with van der Waals surface area (Å²) in [6, 6.07) is 3.78. The van der Waals surface area contributed by atoms with Crippen molar-refractivity contribution in [1.29, 1.82) is 0 Å². The van der Waals surface area contributed by atoms with E-state index in [1.54, 1.807) is 0 Å². The smallest absolute Gasteiger partial charge is 0.334 e. The second kappa shape index (κ2) is 7.66. The minimum Gasteiger partial charge on any atom is -0.479 e. The molecular formula is C18H28O5S. The van der Waals surface area contributed by atoms with Crippen LogP contribution >= 0.6 is 0 Å². The van der Waals surface area contributed by atoms with Crippen molar-refractivity contribution in [2.75, 3.05) is 0 Å². The molecule has 1 N–H and O–H groups in total. The summed E-state index contributed by atoms with van der Waals surface area (Å²) in [7, 11) is -4.18. The van der Waals surface area contributed by atoms with Gasteiger partial charge in [-0.2, -0.15) is 8.42 Å². The molecule has 1 aromatic rings. The van der Waals surface area contributed by atoms with E-state index in [1.165, 1.54) is 6.92 Å². The third kappa shape index (κ3) is 4.57. The van der Waals surface area contributed by atoms with Crippen molar-refractivity contribution >= 4 is 16.1 Å². The summed E-state index contributed by atoms with van der Waals surface area (Å²) in [6.45, 7) is 13.0. The fourth-order valence-electron chi connectivity index (χ4n) is 2.46. The van der Waals surface area contributed by atoms with Crippen molar-refractivity contribution in [1.82, 2.24) is 0 Å². The molecule has 0 spiro atoms. The molecule has 0 saturated carbocycles. The van der Waals surface area contributed by atoms with Crippen molar-refractivity contribution in [3.63, 3.8) is 0 Å². The standard InChI is InChI=1S/C18H28O5S/c1-10(2)14-8-15(11(3)4)17(16(9-14)12(5)6)24(21,22)23-13(7)18(19)20/h8-13H,1-7H3,(H,19,20)/t13-/m0/s1. The largest absolute Gasteiger partial charge is 0.479 e. The molecule has 1 aromatic carbocycles. The maximum Gasteiger partial charge on any atom is 0.334 e. The first-order valence-corrected chi connectivity index (χ1v) is 9.63. The lowest BCUT2D eigenvalue weighted by Gasteiger charge is -2.23. The fraction of sp³-hybridized carbons (Fsp3) is 0.611. The van der Waals surface area contributed by atoms with Gasteiger partial charge in [-0.1, -0.05) is 53.7 Å². The van der Waals surface area contributed by atoms with Gasteiger partial charge in [0.25, 0.3) is 10.1 Å². The molecule has 0 aliphatic rings. The first-order valence-electron chi connectivity index (χ1n) is 8.22. The second-order valence-electron chi connectivity index (χ2n) is 7.02. The quantitative estimate of drug-likeness (QED) is 0.739. The second-order valence-corrected chi connectivity index (χ2v) is 8.53. The van der Waals surface area contributed by atoms with E-state index in [-0.39, 0.29) is 22.6 Å². The molecule has 0 aliphatic carbocycles. The predicted molar refractivity (Wildman–Crippen MR) is 94.1 cm³/mol. The number of benzene rings is 1. The molecule has 5 nitrogen and oxygen atoms in total. The molecule has 0 heterocycles.